The Bertz CT molecular complexity index is 927. The lowest BCUT2D eigenvalue weighted by molar-refractivity contribution is -0.153. The average Bonchev–Trinajstić information content (AvgIpc) is 3.31. The minimum atomic E-state index is -1.94. The van der Waals surface area contributed by atoms with Crippen LogP contribution in [0.15, 0.2) is 42.3 Å². The fourth-order valence-corrected chi connectivity index (χ4v) is 3.81. The fraction of sp³-hybridized carbons (Fsp3) is 0.476. The topological polar surface area (TPSA) is 159 Å². The van der Waals surface area contributed by atoms with Crippen molar-refractivity contribution >= 4 is 24.0 Å². The van der Waals surface area contributed by atoms with Crippen LogP contribution in [0.4, 0.5) is 0 Å². The summed E-state index contributed by atoms with van der Waals surface area (Å²) in [6.07, 6.45) is 6.61. The molecule has 11 nitrogen and oxygen atoms in total. The first-order valence-corrected chi connectivity index (χ1v) is 10.4. The summed E-state index contributed by atoms with van der Waals surface area (Å²) < 4.78 is 1.85. The van der Waals surface area contributed by atoms with E-state index in [1.54, 1.807) is 13.1 Å². The van der Waals surface area contributed by atoms with Gasteiger partial charge >= 0.3 is 0 Å². The average molecular weight is 444 g/mol. The van der Waals surface area contributed by atoms with Gasteiger partial charge in [0, 0.05) is 31.4 Å². The molecular formula is C21H29N7O4. The molecule has 1 aliphatic heterocycles. The Morgan fingerprint density at radius 1 is 1.31 bits per heavy atom. The number of amidine groups is 1. The van der Waals surface area contributed by atoms with Gasteiger partial charge in [-0.05, 0) is 18.6 Å². The van der Waals surface area contributed by atoms with Crippen molar-refractivity contribution in [2.45, 2.75) is 38.1 Å². The van der Waals surface area contributed by atoms with Crippen molar-refractivity contribution in [1.82, 2.24) is 24.9 Å². The monoisotopic (exact) mass is 443 g/mol. The Kier molecular flexibility index (Phi) is 7.21. The standard InChI is InChI=1S/C21H29N7O4/c1-13-10-15(4-5-16(13)28-7-3-6-24-28)14(2)25-20(31)18(29)19(30)21(32)26-8-9-27(12-22)17(23)11-26/h3-7,10,12-14,16,18-19,22-23,29-30H,8-9,11H2,1-2H3,(H,25,31)/t13?,14-,16?,18-,19-/m1/s1. The summed E-state index contributed by atoms with van der Waals surface area (Å²) in [6, 6.07) is 1.47. The lowest BCUT2D eigenvalue weighted by atomic mass is 9.90. The quantitative estimate of drug-likeness (QED) is 0.283. The zero-order valence-corrected chi connectivity index (χ0v) is 18.0. The van der Waals surface area contributed by atoms with E-state index in [2.05, 4.69) is 10.4 Å². The molecule has 172 valence electrons. The third-order valence-corrected chi connectivity index (χ3v) is 5.76. The van der Waals surface area contributed by atoms with Gasteiger partial charge < -0.3 is 25.3 Å². The maximum Gasteiger partial charge on any atom is 0.255 e. The SMILES string of the molecule is CC1C=C([C@@H](C)NC(=O)[C@H](O)[C@@H](O)C(=O)N2CCN(C=N)C(=N)C2)C=CC1n1cccn1. The molecule has 1 aromatic rings. The number of amides is 2. The second-order valence-electron chi connectivity index (χ2n) is 8.01. The minimum absolute atomic E-state index is 0.0259. The lowest BCUT2D eigenvalue weighted by Gasteiger charge is -2.35. The summed E-state index contributed by atoms with van der Waals surface area (Å²) in [5.41, 5.74) is 0.846. The molecule has 0 radical (unpaired) electrons. The van der Waals surface area contributed by atoms with Gasteiger partial charge in [0.15, 0.2) is 12.2 Å². The van der Waals surface area contributed by atoms with Crippen molar-refractivity contribution in [2.24, 2.45) is 5.92 Å². The van der Waals surface area contributed by atoms with Crippen molar-refractivity contribution in [2.75, 3.05) is 19.6 Å². The van der Waals surface area contributed by atoms with Crippen molar-refractivity contribution in [3.8, 4) is 0 Å². The Balaban J connectivity index is 1.56. The molecule has 0 saturated carbocycles. The number of carbonyl (C=O) groups is 2. The highest BCUT2D eigenvalue weighted by Crippen LogP contribution is 2.27. The molecule has 1 aliphatic carbocycles. The molecule has 32 heavy (non-hydrogen) atoms. The third kappa shape index (κ3) is 4.94. The maximum atomic E-state index is 12.5. The zero-order valence-electron chi connectivity index (χ0n) is 18.0. The molecule has 5 N–H and O–H groups in total. The fourth-order valence-electron chi connectivity index (χ4n) is 3.81. The zero-order chi connectivity index (χ0) is 23.4. The highest BCUT2D eigenvalue weighted by atomic mass is 16.3. The van der Waals surface area contributed by atoms with Gasteiger partial charge in [-0.3, -0.25) is 25.1 Å². The molecule has 0 aromatic carbocycles. The summed E-state index contributed by atoms with van der Waals surface area (Å²) >= 11 is 0. The van der Waals surface area contributed by atoms with Crippen LogP contribution in [0, 0.1) is 16.7 Å². The number of aliphatic hydroxyl groups excluding tert-OH is 2. The van der Waals surface area contributed by atoms with Crippen LogP contribution < -0.4 is 5.32 Å². The first-order chi connectivity index (χ1) is 15.2. The van der Waals surface area contributed by atoms with E-state index in [-0.39, 0.29) is 37.4 Å². The first-order valence-electron chi connectivity index (χ1n) is 10.4. The first kappa shape index (κ1) is 23.4. The van der Waals surface area contributed by atoms with Crippen LogP contribution >= 0.6 is 0 Å². The normalized spacial score (nSPS) is 23.9. The molecule has 1 fully saturated rings. The van der Waals surface area contributed by atoms with Gasteiger partial charge in [0.2, 0.25) is 0 Å². The Labute approximate surface area is 186 Å². The lowest BCUT2D eigenvalue weighted by Crippen LogP contribution is -2.57. The van der Waals surface area contributed by atoms with E-state index in [1.165, 1.54) is 9.80 Å². The summed E-state index contributed by atoms with van der Waals surface area (Å²) in [6.45, 7) is 4.10. The van der Waals surface area contributed by atoms with Crippen LogP contribution in [0.1, 0.15) is 19.9 Å². The van der Waals surface area contributed by atoms with Crippen LogP contribution in [0.2, 0.25) is 0 Å². The smallest absolute Gasteiger partial charge is 0.255 e. The van der Waals surface area contributed by atoms with E-state index < -0.39 is 30.1 Å². The van der Waals surface area contributed by atoms with E-state index in [9.17, 15) is 19.8 Å². The molecule has 2 unspecified atom stereocenters. The Morgan fingerprint density at radius 2 is 2.06 bits per heavy atom. The number of nitrogens with one attached hydrogen (secondary N) is 3. The number of hydrogen-bond donors (Lipinski definition) is 5. The van der Waals surface area contributed by atoms with Crippen LogP contribution in [0.3, 0.4) is 0 Å². The number of nitrogens with zero attached hydrogens (tertiary/aromatic N) is 4. The van der Waals surface area contributed by atoms with Crippen LogP contribution in [-0.2, 0) is 9.59 Å². The molecule has 2 heterocycles. The van der Waals surface area contributed by atoms with Gasteiger partial charge in [-0.25, -0.2) is 0 Å². The van der Waals surface area contributed by atoms with Gasteiger partial charge in [0.05, 0.1) is 25.0 Å². The van der Waals surface area contributed by atoms with Crippen molar-refractivity contribution in [3.63, 3.8) is 0 Å². The summed E-state index contributed by atoms with van der Waals surface area (Å²) in [7, 11) is 0. The predicted molar refractivity (Wildman–Crippen MR) is 117 cm³/mol. The molecule has 1 aromatic heterocycles. The number of aromatic nitrogens is 2. The highest BCUT2D eigenvalue weighted by molar-refractivity contribution is 5.96. The van der Waals surface area contributed by atoms with Gasteiger partial charge in [-0.2, -0.15) is 5.10 Å². The summed E-state index contributed by atoms with van der Waals surface area (Å²) in [5, 5.41) is 42.5. The maximum absolute atomic E-state index is 12.5. The van der Waals surface area contributed by atoms with E-state index in [0.29, 0.717) is 0 Å². The molecule has 11 heteroatoms. The number of rotatable bonds is 7. The molecule has 3 rings (SSSR count). The number of piperazine rings is 1. The Morgan fingerprint density at radius 3 is 2.66 bits per heavy atom. The Hall–Kier alpha value is -3.31. The molecule has 0 spiro atoms. The van der Waals surface area contributed by atoms with Crippen LogP contribution in [-0.4, -0.2) is 91.7 Å². The van der Waals surface area contributed by atoms with Gasteiger partial charge in [0.1, 0.15) is 5.84 Å². The molecule has 5 atom stereocenters. The summed E-state index contributed by atoms with van der Waals surface area (Å²) in [4.78, 5) is 27.5. The van der Waals surface area contributed by atoms with E-state index in [4.69, 9.17) is 10.8 Å². The number of aliphatic hydroxyl groups is 2. The van der Waals surface area contributed by atoms with E-state index in [0.717, 1.165) is 11.9 Å². The molecule has 1 saturated heterocycles. The molecule has 2 aliphatic rings. The molecule has 0 bridgehead atoms. The largest absolute Gasteiger partial charge is 0.380 e. The molecular weight excluding hydrogens is 414 g/mol. The third-order valence-electron chi connectivity index (χ3n) is 5.76. The van der Waals surface area contributed by atoms with Gasteiger partial charge in [0.25, 0.3) is 11.8 Å². The predicted octanol–water partition coefficient (Wildman–Crippen LogP) is -0.488. The van der Waals surface area contributed by atoms with E-state index in [1.807, 2.05) is 42.1 Å². The van der Waals surface area contributed by atoms with Crippen LogP contribution in [0.25, 0.3) is 0 Å². The number of allylic oxidation sites excluding steroid dienone is 2. The van der Waals surface area contributed by atoms with Crippen LogP contribution in [0.5, 0.6) is 0 Å². The minimum Gasteiger partial charge on any atom is -0.380 e. The highest BCUT2D eigenvalue weighted by Gasteiger charge is 2.36. The number of hydrogen-bond acceptors (Lipinski definition) is 7. The molecule has 2 amide bonds. The second-order valence-corrected chi connectivity index (χ2v) is 8.01. The second kappa shape index (κ2) is 9.88. The van der Waals surface area contributed by atoms with Crippen molar-refractivity contribution < 1.29 is 19.8 Å². The van der Waals surface area contributed by atoms with Gasteiger partial charge in [-0.15, -0.1) is 0 Å². The summed E-state index contributed by atoms with van der Waals surface area (Å²) in [5.74, 6) is -1.54. The number of carbonyl (C=O) groups excluding carboxylic acids is 2. The van der Waals surface area contributed by atoms with Crippen molar-refractivity contribution in [3.05, 3.63) is 42.3 Å². The van der Waals surface area contributed by atoms with E-state index >= 15 is 0 Å². The van der Waals surface area contributed by atoms with Gasteiger partial charge in [-0.1, -0.05) is 25.2 Å². The van der Waals surface area contributed by atoms with Crippen molar-refractivity contribution in [1.29, 1.82) is 10.8 Å².